The highest BCUT2D eigenvalue weighted by Gasteiger charge is 2.50. The van der Waals surface area contributed by atoms with Gasteiger partial charge in [-0.2, -0.15) is 0 Å². The van der Waals surface area contributed by atoms with Crippen molar-refractivity contribution >= 4 is 16.7 Å². The second-order valence-electron chi connectivity index (χ2n) is 10.6. The van der Waals surface area contributed by atoms with Gasteiger partial charge in [0, 0.05) is 0 Å². The van der Waals surface area contributed by atoms with Crippen LogP contribution in [0.3, 0.4) is 0 Å². The van der Waals surface area contributed by atoms with Gasteiger partial charge in [0.25, 0.3) is 0 Å². The third-order valence-electron chi connectivity index (χ3n) is 7.30. The predicted octanol–water partition coefficient (Wildman–Crippen LogP) is 9.30. The van der Waals surface area contributed by atoms with Gasteiger partial charge in [-0.05, 0) is 28.2 Å². The van der Waals surface area contributed by atoms with E-state index in [0.29, 0.717) is 6.42 Å². The van der Waals surface area contributed by atoms with Crippen LogP contribution in [0.5, 0.6) is 0 Å². The van der Waals surface area contributed by atoms with Crippen molar-refractivity contribution in [2.75, 3.05) is 0 Å². The van der Waals surface area contributed by atoms with Crippen molar-refractivity contribution in [3.8, 4) is 0 Å². The van der Waals surface area contributed by atoms with Crippen LogP contribution in [0.1, 0.15) is 117 Å². The molecule has 2 nitrogen and oxygen atoms in total. The zero-order valence-corrected chi connectivity index (χ0v) is 21.1. The summed E-state index contributed by atoms with van der Waals surface area (Å²) in [5.74, 6) is -0.690. The van der Waals surface area contributed by atoms with Crippen LogP contribution >= 0.6 is 0 Å². The Labute approximate surface area is 196 Å². The monoisotopic (exact) mass is 438 g/mol. The highest BCUT2D eigenvalue weighted by atomic mass is 16.4. The first kappa shape index (κ1) is 26.4. The van der Waals surface area contributed by atoms with Crippen molar-refractivity contribution in [3.05, 3.63) is 48.0 Å². The van der Waals surface area contributed by atoms with Gasteiger partial charge in [-0.25, -0.2) is 0 Å². The van der Waals surface area contributed by atoms with Gasteiger partial charge in [0.15, 0.2) is 0 Å². The Morgan fingerprint density at radius 3 is 1.75 bits per heavy atom. The molecule has 0 radical (unpaired) electrons. The van der Waals surface area contributed by atoms with Crippen LogP contribution < -0.4 is 0 Å². The third-order valence-corrected chi connectivity index (χ3v) is 7.30. The van der Waals surface area contributed by atoms with E-state index < -0.39 is 11.4 Å². The molecular formula is C30H46O2. The van der Waals surface area contributed by atoms with Crippen LogP contribution in [0.4, 0.5) is 0 Å². The number of rotatable bonds is 15. The van der Waals surface area contributed by atoms with Crippen molar-refractivity contribution < 1.29 is 9.90 Å². The Hall–Kier alpha value is -1.83. The minimum absolute atomic E-state index is 0.374. The van der Waals surface area contributed by atoms with Crippen LogP contribution in [0.15, 0.2) is 42.5 Å². The number of unbranched alkanes of at least 4 members (excludes halogenated alkanes) is 11. The number of aliphatic carboxylic acids is 1. The van der Waals surface area contributed by atoms with Crippen molar-refractivity contribution in [2.45, 2.75) is 117 Å². The van der Waals surface area contributed by atoms with Gasteiger partial charge < -0.3 is 5.11 Å². The maximum absolute atomic E-state index is 12.8. The van der Waals surface area contributed by atoms with Gasteiger partial charge in [-0.3, -0.25) is 4.79 Å². The van der Waals surface area contributed by atoms with E-state index in [2.05, 4.69) is 45.9 Å². The number of carboxylic acids is 1. The van der Waals surface area contributed by atoms with Crippen LogP contribution in [0.25, 0.3) is 10.8 Å². The van der Waals surface area contributed by atoms with E-state index in [1.807, 2.05) is 24.3 Å². The molecule has 2 aromatic rings. The number of fused-ring (bicyclic) bond motifs is 1. The number of carboxylic acid groups (broad SMARTS) is 1. The molecule has 2 aromatic carbocycles. The average Bonchev–Trinajstić information content (AvgIpc) is 2.76. The zero-order valence-electron chi connectivity index (χ0n) is 21.1. The molecule has 1 N–H and O–H groups in total. The van der Waals surface area contributed by atoms with Crippen molar-refractivity contribution in [1.82, 2.24) is 0 Å². The van der Waals surface area contributed by atoms with Gasteiger partial charge >= 0.3 is 5.97 Å². The Bertz CT molecular complexity index is 812. The first-order valence-electron chi connectivity index (χ1n) is 13.1. The molecule has 0 amide bonds. The van der Waals surface area contributed by atoms with E-state index in [4.69, 9.17) is 0 Å². The SMILES string of the molecule is CCCCCCCCCCCCCCC(C(=O)O)(c1cccc2ccccc12)C(C)(C)C. The summed E-state index contributed by atoms with van der Waals surface area (Å²) < 4.78 is 0. The summed E-state index contributed by atoms with van der Waals surface area (Å²) >= 11 is 0. The summed E-state index contributed by atoms with van der Waals surface area (Å²) in [6.45, 7) is 8.53. The lowest BCUT2D eigenvalue weighted by Gasteiger charge is -2.42. The molecule has 178 valence electrons. The van der Waals surface area contributed by atoms with Crippen molar-refractivity contribution in [2.24, 2.45) is 5.41 Å². The molecule has 0 heterocycles. The molecule has 0 fully saturated rings. The summed E-state index contributed by atoms with van der Waals surface area (Å²) in [5, 5.41) is 12.7. The molecular weight excluding hydrogens is 392 g/mol. The third kappa shape index (κ3) is 6.83. The lowest BCUT2D eigenvalue weighted by Crippen LogP contribution is -2.47. The van der Waals surface area contributed by atoms with Gasteiger partial charge in [-0.1, -0.05) is 147 Å². The fourth-order valence-corrected chi connectivity index (χ4v) is 5.29. The normalized spacial score (nSPS) is 13.9. The summed E-state index contributed by atoms with van der Waals surface area (Å²) in [7, 11) is 0. The highest BCUT2D eigenvalue weighted by Crippen LogP contribution is 2.48. The lowest BCUT2D eigenvalue weighted by atomic mass is 9.59. The molecule has 0 spiro atoms. The van der Waals surface area contributed by atoms with E-state index >= 15 is 0 Å². The second-order valence-corrected chi connectivity index (χ2v) is 10.6. The fourth-order valence-electron chi connectivity index (χ4n) is 5.29. The number of carbonyl (C=O) groups is 1. The summed E-state index contributed by atoms with van der Waals surface area (Å²) in [6, 6.07) is 14.3. The summed E-state index contributed by atoms with van der Waals surface area (Å²) in [6.07, 6.45) is 16.2. The van der Waals surface area contributed by atoms with E-state index in [0.717, 1.165) is 29.2 Å². The van der Waals surface area contributed by atoms with E-state index in [-0.39, 0.29) is 5.41 Å². The molecule has 0 aromatic heterocycles. The van der Waals surface area contributed by atoms with Crippen LogP contribution in [0.2, 0.25) is 0 Å². The number of hydrogen-bond acceptors (Lipinski definition) is 1. The van der Waals surface area contributed by atoms with Gasteiger partial charge in [0.2, 0.25) is 0 Å². The molecule has 1 unspecified atom stereocenters. The van der Waals surface area contributed by atoms with Crippen LogP contribution in [-0.2, 0) is 10.2 Å². The smallest absolute Gasteiger partial charge is 0.314 e. The van der Waals surface area contributed by atoms with E-state index in [9.17, 15) is 9.90 Å². The Morgan fingerprint density at radius 2 is 1.22 bits per heavy atom. The van der Waals surface area contributed by atoms with Crippen molar-refractivity contribution in [1.29, 1.82) is 0 Å². The molecule has 32 heavy (non-hydrogen) atoms. The zero-order chi connectivity index (χ0) is 23.5. The van der Waals surface area contributed by atoms with Gasteiger partial charge in [0.1, 0.15) is 0 Å². The maximum atomic E-state index is 12.8. The first-order chi connectivity index (χ1) is 15.3. The molecule has 0 bridgehead atoms. The average molecular weight is 439 g/mol. The lowest BCUT2D eigenvalue weighted by molar-refractivity contribution is -0.149. The predicted molar refractivity (Wildman–Crippen MR) is 138 cm³/mol. The number of hydrogen-bond donors (Lipinski definition) is 1. The van der Waals surface area contributed by atoms with Gasteiger partial charge in [-0.15, -0.1) is 0 Å². The molecule has 0 saturated heterocycles. The van der Waals surface area contributed by atoms with E-state index in [1.54, 1.807) is 0 Å². The minimum atomic E-state index is -0.883. The molecule has 0 saturated carbocycles. The first-order valence-corrected chi connectivity index (χ1v) is 13.1. The Morgan fingerprint density at radius 1 is 0.719 bits per heavy atom. The Kier molecular flexibility index (Phi) is 10.7. The quantitative estimate of drug-likeness (QED) is 0.281. The molecule has 1 atom stereocenters. The number of benzene rings is 2. The van der Waals surface area contributed by atoms with Crippen LogP contribution in [0, 0.1) is 5.41 Å². The van der Waals surface area contributed by atoms with E-state index in [1.165, 1.54) is 64.2 Å². The summed E-state index contributed by atoms with van der Waals surface area (Å²) in [4.78, 5) is 12.8. The maximum Gasteiger partial charge on any atom is 0.314 e. The van der Waals surface area contributed by atoms with Gasteiger partial charge in [0.05, 0.1) is 5.41 Å². The molecule has 2 rings (SSSR count). The topological polar surface area (TPSA) is 37.3 Å². The molecule has 0 aliphatic rings. The second kappa shape index (κ2) is 13.0. The molecule has 0 aliphatic carbocycles. The standard InChI is InChI=1S/C30H46O2/c1-5-6-7-8-9-10-11-12-13-14-15-18-24-30(28(31)32,29(2,3)4)27-23-19-21-25-20-16-17-22-26(25)27/h16-17,19-23H,5-15,18,24H2,1-4H3,(H,31,32). The van der Waals surface area contributed by atoms with Crippen molar-refractivity contribution in [3.63, 3.8) is 0 Å². The Balaban J connectivity index is 1.94. The molecule has 2 heteroatoms. The van der Waals surface area contributed by atoms with Crippen LogP contribution in [-0.4, -0.2) is 11.1 Å². The largest absolute Gasteiger partial charge is 0.481 e. The highest BCUT2D eigenvalue weighted by molar-refractivity contribution is 5.93. The fraction of sp³-hybridized carbons (Fsp3) is 0.633. The molecule has 0 aliphatic heterocycles. The minimum Gasteiger partial charge on any atom is -0.481 e. The summed E-state index contributed by atoms with van der Waals surface area (Å²) in [5.41, 5.74) is -0.286.